The number of nitrogens with one attached hydrogen (secondary N) is 1. The van der Waals surface area contributed by atoms with Gasteiger partial charge in [-0.2, -0.15) is 0 Å². The number of non-ortho nitro benzene ring substituents is 1. The molecule has 0 spiro atoms. The van der Waals surface area contributed by atoms with Gasteiger partial charge in [0, 0.05) is 23.2 Å². The smallest absolute Gasteiger partial charge is 0.270 e. The molecule has 126 valence electrons. The fourth-order valence-corrected chi connectivity index (χ4v) is 2.75. The molecule has 0 aliphatic carbocycles. The summed E-state index contributed by atoms with van der Waals surface area (Å²) in [7, 11) is 1.87. The Hall–Kier alpha value is -2.25. The summed E-state index contributed by atoms with van der Waals surface area (Å²) in [6.45, 7) is 2.93. The summed E-state index contributed by atoms with van der Waals surface area (Å²) in [5, 5.41) is 13.5. The van der Waals surface area contributed by atoms with Gasteiger partial charge in [-0.15, -0.1) is 0 Å². The number of rotatable bonds is 6. The van der Waals surface area contributed by atoms with Crippen molar-refractivity contribution in [2.75, 3.05) is 18.9 Å². The Balaban J connectivity index is 1.95. The van der Waals surface area contributed by atoms with E-state index in [1.54, 1.807) is 0 Å². The number of nitro groups is 1. The maximum Gasteiger partial charge on any atom is 0.270 e. The Labute approximate surface area is 148 Å². The molecule has 7 heteroatoms. The Bertz CT molecular complexity index is 764. The van der Waals surface area contributed by atoms with E-state index >= 15 is 0 Å². The lowest BCUT2D eigenvalue weighted by atomic mass is 10.1. The highest BCUT2D eigenvalue weighted by atomic mass is 79.9. The molecule has 0 radical (unpaired) electrons. The van der Waals surface area contributed by atoms with Crippen molar-refractivity contribution in [3.63, 3.8) is 0 Å². The van der Waals surface area contributed by atoms with Crippen molar-refractivity contribution in [1.82, 2.24) is 4.90 Å². The van der Waals surface area contributed by atoms with Crippen LogP contribution in [-0.2, 0) is 11.3 Å². The van der Waals surface area contributed by atoms with Crippen LogP contribution in [0.4, 0.5) is 11.4 Å². The van der Waals surface area contributed by atoms with Crippen LogP contribution >= 0.6 is 15.9 Å². The van der Waals surface area contributed by atoms with Crippen molar-refractivity contribution in [3.8, 4) is 0 Å². The quantitative estimate of drug-likeness (QED) is 0.600. The van der Waals surface area contributed by atoms with Crippen molar-refractivity contribution >= 4 is 33.2 Å². The number of aryl methyl sites for hydroxylation is 1. The number of carbonyl (C=O) groups excluding carboxylic acids is 1. The Kier molecular flexibility index (Phi) is 6.05. The van der Waals surface area contributed by atoms with Gasteiger partial charge >= 0.3 is 0 Å². The van der Waals surface area contributed by atoms with Crippen LogP contribution in [0.15, 0.2) is 46.9 Å². The number of halogens is 1. The fourth-order valence-electron chi connectivity index (χ4n) is 2.29. The van der Waals surface area contributed by atoms with E-state index < -0.39 is 4.92 Å². The molecule has 2 rings (SSSR count). The molecule has 0 atom stereocenters. The van der Waals surface area contributed by atoms with Crippen LogP contribution in [0.25, 0.3) is 0 Å². The number of nitrogens with zero attached hydrogens (tertiary/aromatic N) is 2. The highest BCUT2D eigenvalue weighted by Crippen LogP contribution is 2.27. The largest absolute Gasteiger partial charge is 0.324 e. The second-order valence-corrected chi connectivity index (χ2v) is 6.42. The molecule has 0 saturated heterocycles. The van der Waals surface area contributed by atoms with Gasteiger partial charge in [0.05, 0.1) is 17.2 Å². The molecule has 0 bridgehead atoms. The molecule has 0 saturated carbocycles. The zero-order valence-corrected chi connectivity index (χ0v) is 15.0. The Morgan fingerprint density at radius 3 is 2.62 bits per heavy atom. The van der Waals surface area contributed by atoms with Crippen molar-refractivity contribution in [1.29, 1.82) is 0 Å². The van der Waals surface area contributed by atoms with Crippen LogP contribution in [0.5, 0.6) is 0 Å². The van der Waals surface area contributed by atoms with Gasteiger partial charge in [0.2, 0.25) is 5.91 Å². The summed E-state index contributed by atoms with van der Waals surface area (Å²) >= 11 is 3.24. The monoisotopic (exact) mass is 391 g/mol. The molecule has 2 aromatic rings. The maximum atomic E-state index is 12.2. The summed E-state index contributed by atoms with van der Waals surface area (Å²) in [6.07, 6.45) is 0. The van der Waals surface area contributed by atoms with Gasteiger partial charge < -0.3 is 5.32 Å². The molecular weight excluding hydrogens is 374 g/mol. The summed E-state index contributed by atoms with van der Waals surface area (Å²) in [6, 6.07) is 12.3. The first-order valence-electron chi connectivity index (χ1n) is 7.33. The molecule has 0 unspecified atom stereocenters. The van der Waals surface area contributed by atoms with E-state index in [-0.39, 0.29) is 18.1 Å². The predicted octanol–water partition coefficient (Wildman–Crippen LogP) is 3.74. The van der Waals surface area contributed by atoms with Crippen LogP contribution in [0.3, 0.4) is 0 Å². The van der Waals surface area contributed by atoms with Crippen LogP contribution in [0.2, 0.25) is 0 Å². The number of benzene rings is 2. The standard InChI is InChI=1S/C17H18BrN3O3/c1-12-5-3-4-6-13(12)10-20(2)11-17(22)19-16-8-7-14(21(23)24)9-15(16)18/h3-9H,10-11H2,1-2H3,(H,19,22). The van der Waals surface area contributed by atoms with Crippen LogP contribution in [-0.4, -0.2) is 29.3 Å². The maximum absolute atomic E-state index is 12.2. The first-order chi connectivity index (χ1) is 11.4. The minimum atomic E-state index is -0.480. The van der Waals surface area contributed by atoms with E-state index in [1.165, 1.54) is 29.3 Å². The number of hydrogen-bond acceptors (Lipinski definition) is 4. The second-order valence-electron chi connectivity index (χ2n) is 5.57. The zero-order valence-electron chi connectivity index (χ0n) is 13.5. The number of carbonyl (C=O) groups is 1. The van der Waals surface area contributed by atoms with Crippen LogP contribution in [0.1, 0.15) is 11.1 Å². The molecule has 1 amide bonds. The van der Waals surface area contributed by atoms with Crippen molar-refractivity contribution in [3.05, 3.63) is 68.2 Å². The minimum absolute atomic E-state index is 0.0310. The molecule has 0 aromatic heterocycles. The third-order valence-corrected chi connectivity index (χ3v) is 4.21. The minimum Gasteiger partial charge on any atom is -0.324 e. The number of anilines is 1. The van der Waals surface area contributed by atoms with Gasteiger partial charge in [0.1, 0.15) is 0 Å². The second kappa shape index (κ2) is 8.03. The molecule has 0 aliphatic heterocycles. The summed E-state index contributed by atoms with van der Waals surface area (Å²) < 4.78 is 0.478. The highest BCUT2D eigenvalue weighted by molar-refractivity contribution is 9.10. The lowest BCUT2D eigenvalue weighted by molar-refractivity contribution is -0.384. The number of likely N-dealkylation sites (N-methyl/N-ethyl adjacent to an activating group) is 1. The molecule has 0 aliphatic rings. The molecule has 0 heterocycles. The average Bonchev–Trinajstić information content (AvgIpc) is 2.51. The van der Waals surface area contributed by atoms with E-state index in [0.29, 0.717) is 16.7 Å². The lowest BCUT2D eigenvalue weighted by Crippen LogP contribution is -2.30. The topological polar surface area (TPSA) is 75.5 Å². The van der Waals surface area contributed by atoms with Crippen molar-refractivity contribution in [2.24, 2.45) is 0 Å². The van der Waals surface area contributed by atoms with Gasteiger partial charge in [0.15, 0.2) is 0 Å². The SMILES string of the molecule is Cc1ccccc1CN(C)CC(=O)Nc1ccc([N+](=O)[O-])cc1Br. The van der Waals surface area contributed by atoms with Crippen molar-refractivity contribution in [2.45, 2.75) is 13.5 Å². The number of hydrogen-bond donors (Lipinski definition) is 1. The van der Waals surface area contributed by atoms with Gasteiger partial charge in [-0.1, -0.05) is 24.3 Å². The van der Waals surface area contributed by atoms with Gasteiger partial charge in [0.25, 0.3) is 5.69 Å². The van der Waals surface area contributed by atoms with Gasteiger partial charge in [-0.25, -0.2) is 0 Å². The molecule has 24 heavy (non-hydrogen) atoms. The molecule has 0 fully saturated rings. The van der Waals surface area contributed by atoms with Crippen molar-refractivity contribution < 1.29 is 9.72 Å². The zero-order chi connectivity index (χ0) is 17.7. The van der Waals surface area contributed by atoms with Crippen LogP contribution in [0, 0.1) is 17.0 Å². The third kappa shape index (κ3) is 4.87. The average molecular weight is 392 g/mol. The van der Waals surface area contributed by atoms with E-state index in [0.717, 1.165) is 0 Å². The van der Waals surface area contributed by atoms with E-state index in [9.17, 15) is 14.9 Å². The summed E-state index contributed by atoms with van der Waals surface area (Å²) in [4.78, 5) is 24.3. The van der Waals surface area contributed by atoms with E-state index in [4.69, 9.17) is 0 Å². The lowest BCUT2D eigenvalue weighted by Gasteiger charge is -2.18. The fraction of sp³-hybridized carbons (Fsp3) is 0.235. The molecule has 2 aromatic carbocycles. The predicted molar refractivity (Wildman–Crippen MR) is 96.9 cm³/mol. The highest BCUT2D eigenvalue weighted by Gasteiger charge is 2.13. The first-order valence-corrected chi connectivity index (χ1v) is 8.13. The third-order valence-electron chi connectivity index (χ3n) is 3.55. The first kappa shape index (κ1) is 18.1. The van der Waals surface area contributed by atoms with Crippen LogP contribution < -0.4 is 5.32 Å². The molecular formula is C17H18BrN3O3. The molecule has 6 nitrogen and oxygen atoms in total. The summed E-state index contributed by atoms with van der Waals surface area (Å²) in [5.41, 5.74) is 2.83. The van der Waals surface area contributed by atoms with E-state index in [1.807, 2.05) is 43.1 Å². The summed E-state index contributed by atoms with van der Waals surface area (Å²) in [5.74, 6) is -0.180. The molecule has 1 N–H and O–H groups in total. The normalized spacial score (nSPS) is 10.7. The van der Waals surface area contributed by atoms with E-state index in [2.05, 4.69) is 21.2 Å². The number of amides is 1. The Morgan fingerprint density at radius 1 is 1.29 bits per heavy atom. The van der Waals surface area contributed by atoms with Gasteiger partial charge in [-0.05, 0) is 47.1 Å². The Morgan fingerprint density at radius 2 is 2.00 bits per heavy atom. The van der Waals surface area contributed by atoms with Gasteiger partial charge in [-0.3, -0.25) is 19.8 Å². The number of nitro benzene ring substituents is 1.